The van der Waals surface area contributed by atoms with E-state index in [0.29, 0.717) is 51.8 Å². The Labute approximate surface area is 211 Å². The van der Waals surface area contributed by atoms with Crippen LogP contribution in [0, 0.1) is 0 Å². The Morgan fingerprint density at radius 1 is 0.806 bits per heavy atom. The number of benzene rings is 2. The summed E-state index contributed by atoms with van der Waals surface area (Å²) in [4.78, 5) is 31.8. The molecule has 1 aromatic heterocycles. The molecule has 36 heavy (non-hydrogen) atoms. The van der Waals surface area contributed by atoms with E-state index in [2.05, 4.69) is 15.1 Å². The summed E-state index contributed by atoms with van der Waals surface area (Å²) in [5.41, 5.74) is 2.66. The number of carbonyl (C=O) groups is 2. The number of hydrogen-bond donors (Lipinski definition) is 1. The third-order valence-electron chi connectivity index (χ3n) is 6.60. The maximum Gasteiger partial charge on any atom is 0.239 e. The average Bonchev–Trinajstić information content (AvgIpc) is 3.34. The molecule has 0 radical (unpaired) electrons. The molecular formula is C27H32N6O3. The van der Waals surface area contributed by atoms with Crippen LogP contribution in [-0.2, 0) is 14.3 Å². The van der Waals surface area contributed by atoms with Crippen molar-refractivity contribution < 1.29 is 14.3 Å². The molecule has 0 spiro atoms. The summed E-state index contributed by atoms with van der Waals surface area (Å²) < 4.78 is 7.13. The first-order valence-electron chi connectivity index (χ1n) is 12.5. The molecule has 2 amide bonds. The lowest BCUT2D eigenvalue weighted by molar-refractivity contribution is -0.135. The molecule has 0 saturated carbocycles. The molecule has 2 aliphatic heterocycles. The fraction of sp³-hybridized carbons (Fsp3) is 0.370. The summed E-state index contributed by atoms with van der Waals surface area (Å²) >= 11 is 0. The summed E-state index contributed by atoms with van der Waals surface area (Å²) in [6, 6.07) is 21.6. The van der Waals surface area contributed by atoms with Gasteiger partial charge in [0.25, 0.3) is 0 Å². The Hall–Kier alpha value is -3.53. The highest BCUT2D eigenvalue weighted by atomic mass is 16.5. The number of hydrogen-bond acceptors (Lipinski definition) is 6. The van der Waals surface area contributed by atoms with E-state index in [-0.39, 0.29) is 18.4 Å². The Balaban J connectivity index is 1.19. The van der Waals surface area contributed by atoms with Crippen molar-refractivity contribution in [2.75, 3.05) is 70.9 Å². The van der Waals surface area contributed by atoms with Gasteiger partial charge < -0.3 is 15.0 Å². The Kier molecular flexibility index (Phi) is 7.70. The quantitative estimate of drug-likeness (QED) is 0.548. The van der Waals surface area contributed by atoms with E-state index in [4.69, 9.17) is 9.84 Å². The largest absolute Gasteiger partial charge is 0.379 e. The maximum atomic E-state index is 13.0. The average molecular weight is 489 g/mol. The summed E-state index contributed by atoms with van der Waals surface area (Å²) in [5.74, 6) is 0.686. The van der Waals surface area contributed by atoms with Crippen molar-refractivity contribution in [2.24, 2.45) is 0 Å². The summed E-state index contributed by atoms with van der Waals surface area (Å²) in [6.07, 6.45) is 0. The molecule has 0 unspecified atom stereocenters. The normalized spacial score (nSPS) is 17.2. The number of rotatable bonds is 7. The molecule has 3 heterocycles. The highest BCUT2D eigenvalue weighted by molar-refractivity contribution is 5.92. The van der Waals surface area contributed by atoms with Crippen LogP contribution in [0.1, 0.15) is 0 Å². The van der Waals surface area contributed by atoms with Crippen molar-refractivity contribution in [3.63, 3.8) is 0 Å². The number of amides is 2. The lowest BCUT2D eigenvalue weighted by atomic mass is 10.1. The van der Waals surface area contributed by atoms with Crippen LogP contribution < -0.4 is 5.32 Å². The van der Waals surface area contributed by atoms with Gasteiger partial charge in [-0.1, -0.05) is 48.5 Å². The minimum Gasteiger partial charge on any atom is -0.379 e. The monoisotopic (exact) mass is 488 g/mol. The second-order valence-electron chi connectivity index (χ2n) is 9.12. The van der Waals surface area contributed by atoms with Crippen molar-refractivity contribution >= 4 is 17.6 Å². The van der Waals surface area contributed by atoms with E-state index in [9.17, 15) is 9.59 Å². The molecule has 9 heteroatoms. The molecule has 2 fully saturated rings. The van der Waals surface area contributed by atoms with Crippen LogP contribution in [0.5, 0.6) is 0 Å². The van der Waals surface area contributed by atoms with Crippen molar-refractivity contribution in [1.82, 2.24) is 24.5 Å². The van der Waals surface area contributed by atoms with Crippen LogP contribution in [-0.4, -0.2) is 102 Å². The van der Waals surface area contributed by atoms with E-state index < -0.39 is 0 Å². The Morgan fingerprint density at radius 3 is 2.14 bits per heavy atom. The fourth-order valence-corrected chi connectivity index (χ4v) is 4.58. The molecule has 2 aliphatic rings. The minimum absolute atomic E-state index is 0.0974. The zero-order chi connectivity index (χ0) is 24.7. The molecular weight excluding hydrogens is 456 g/mol. The molecule has 2 saturated heterocycles. The van der Waals surface area contributed by atoms with Gasteiger partial charge in [0.05, 0.1) is 37.7 Å². The molecule has 0 bridgehead atoms. The van der Waals surface area contributed by atoms with Crippen LogP contribution in [0.3, 0.4) is 0 Å². The standard InChI is InChI=1S/C27H32N6O3/c34-26(20-30-11-13-32(14-12-30)27(35)21-31-15-17-36-18-16-31)28-25-19-24(22-7-3-1-4-8-22)29-33(25)23-9-5-2-6-10-23/h1-10,19H,11-18,20-21H2,(H,28,34). The second-order valence-corrected chi connectivity index (χ2v) is 9.12. The van der Waals surface area contributed by atoms with Gasteiger partial charge in [-0.2, -0.15) is 5.10 Å². The van der Waals surface area contributed by atoms with Gasteiger partial charge in [-0.3, -0.25) is 19.4 Å². The minimum atomic E-state index is -0.0974. The number of ether oxygens (including phenoxy) is 1. The van der Waals surface area contributed by atoms with Crippen molar-refractivity contribution in [3.8, 4) is 16.9 Å². The number of carbonyl (C=O) groups excluding carboxylic acids is 2. The van der Waals surface area contributed by atoms with Crippen molar-refractivity contribution in [3.05, 3.63) is 66.7 Å². The SMILES string of the molecule is O=C(CN1CCN(C(=O)CN2CCOCC2)CC1)Nc1cc(-c2ccccc2)nn1-c1ccccc1. The van der Waals surface area contributed by atoms with Gasteiger partial charge in [-0.15, -0.1) is 0 Å². The molecule has 3 aromatic rings. The number of para-hydroxylation sites is 1. The third-order valence-corrected chi connectivity index (χ3v) is 6.60. The van der Waals surface area contributed by atoms with Gasteiger partial charge in [0.15, 0.2) is 0 Å². The van der Waals surface area contributed by atoms with E-state index in [1.807, 2.05) is 71.6 Å². The number of anilines is 1. The zero-order valence-electron chi connectivity index (χ0n) is 20.4. The topological polar surface area (TPSA) is 82.9 Å². The summed E-state index contributed by atoms with van der Waals surface area (Å²) in [7, 11) is 0. The molecule has 0 aliphatic carbocycles. The van der Waals surface area contributed by atoms with Crippen LogP contribution in [0.4, 0.5) is 5.82 Å². The smallest absolute Gasteiger partial charge is 0.239 e. The highest BCUT2D eigenvalue weighted by Gasteiger charge is 2.25. The Morgan fingerprint density at radius 2 is 1.44 bits per heavy atom. The molecule has 2 aromatic carbocycles. The number of piperazine rings is 1. The van der Waals surface area contributed by atoms with E-state index in [1.54, 1.807) is 4.68 Å². The van der Waals surface area contributed by atoms with Gasteiger partial charge in [0.1, 0.15) is 5.82 Å². The van der Waals surface area contributed by atoms with Gasteiger partial charge in [-0.25, -0.2) is 4.68 Å². The van der Waals surface area contributed by atoms with E-state index in [0.717, 1.165) is 30.0 Å². The van der Waals surface area contributed by atoms with E-state index >= 15 is 0 Å². The van der Waals surface area contributed by atoms with Crippen LogP contribution in [0.25, 0.3) is 16.9 Å². The Bertz CT molecular complexity index is 1150. The molecule has 9 nitrogen and oxygen atoms in total. The van der Waals surface area contributed by atoms with Gasteiger partial charge in [0.2, 0.25) is 11.8 Å². The number of nitrogens with one attached hydrogen (secondary N) is 1. The first kappa shape index (κ1) is 24.2. The second kappa shape index (κ2) is 11.5. The lowest BCUT2D eigenvalue weighted by Gasteiger charge is -2.36. The van der Waals surface area contributed by atoms with Crippen LogP contribution in [0.2, 0.25) is 0 Å². The molecule has 188 valence electrons. The van der Waals surface area contributed by atoms with Gasteiger partial charge in [0, 0.05) is 50.9 Å². The van der Waals surface area contributed by atoms with Gasteiger partial charge in [-0.05, 0) is 12.1 Å². The van der Waals surface area contributed by atoms with Gasteiger partial charge >= 0.3 is 0 Å². The first-order valence-corrected chi connectivity index (χ1v) is 12.5. The highest BCUT2D eigenvalue weighted by Crippen LogP contribution is 2.24. The van der Waals surface area contributed by atoms with Crippen molar-refractivity contribution in [2.45, 2.75) is 0 Å². The first-order chi connectivity index (χ1) is 17.7. The predicted octanol–water partition coefficient (Wildman–Crippen LogP) is 1.95. The number of nitrogens with zero attached hydrogens (tertiary/aromatic N) is 5. The summed E-state index contributed by atoms with van der Waals surface area (Å²) in [5, 5.41) is 7.82. The third kappa shape index (κ3) is 5.99. The van der Waals surface area contributed by atoms with Crippen LogP contribution >= 0.6 is 0 Å². The maximum absolute atomic E-state index is 13.0. The molecule has 1 N–H and O–H groups in total. The lowest BCUT2D eigenvalue weighted by Crippen LogP contribution is -2.53. The zero-order valence-corrected chi connectivity index (χ0v) is 20.4. The number of morpholine rings is 1. The van der Waals surface area contributed by atoms with Crippen LogP contribution in [0.15, 0.2) is 66.7 Å². The number of aromatic nitrogens is 2. The molecule has 5 rings (SSSR count). The van der Waals surface area contributed by atoms with Crippen molar-refractivity contribution in [1.29, 1.82) is 0 Å². The fourth-order valence-electron chi connectivity index (χ4n) is 4.58. The molecule has 0 atom stereocenters. The predicted molar refractivity (Wildman–Crippen MR) is 138 cm³/mol. The van der Waals surface area contributed by atoms with E-state index in [1.165, 1.54) is 0 Å². The summed E-state index contributed by atoms with van der Waals surface area (Å²) in [6.45, 7) is 6.31.